The van der Waals surface area contributed by atoms with E-state index in [1.807, 2.05) is 0 Å². The van der Waals surface area contributed by atoms with Crippen molar-refractivity contribution in [2.45, 2.75) is 25.8 Å². The van der Waals surface area contributed by atoms with Crippen LogP contribution in [-0.4, -0.2) is 43.3 Å². The van der Waals surface area contributed by atoms with Gasteiger partial charge in [0, 0.05) is 13.1 Å². The van der Waals surface area contributed by atoms with Crippen LogP contribution in [-0.2, 0) is 6.54 Å². The van der Waals surface area contributed by atoms with Crippen LogP contribution in [0.1, 0.15) is 24.8 Å². The van der Waals surface area contributed by atoms with E-state index in [0.717, 1.165) is 31.5 Å². The fourth-order valence-electron chi connectivity index (χ4n) is 2.43. The number of nitrogens with two attached hydrogens (primary N) is 1. The first-order chi connectivity index (χ1) is 10.2. The molecule has 2 rings (SSSR count). The number of methoxy groups -OCH3 is 2. The molecule has 21 heavy (non-hydrogen) atoms. The second-order valence-corrected chi connectivity index (χ2v) is 5.07. The largest absolute Gasteiger partial charge is 0.502 e. The van der Waals surface area contributed by atoms with Crippen LogP contribution in [0, 0.1) is 0 Å². The predicted molar refractivity (Wildman–Crippen MR) is 82.0 cm³/mol. The van der Waals surface area contributed by atoms with Crippen molar-refractivity contribution in [3.63, 3.8) is 0 Å². The maximum Gasteiger partial charge on any atom is 0.200 e. The molecule has 1 aromatic rings. The van der Waals surface area contributed by atoms with E-state index in [4.69, 9.17) is 15.2 Å². The first kappa shape index (κ1) is 15.3. The van der Waals surface area contributed by atoms with Gasteiger partial charge in [-0.15, -0.1) is 0 Å². The molecule has 116 valence electrons. The molecule has 0 saturated carbocycles. The molecule has 0 bridgehead atoms. The normalized spacial score (nSPS) is 15.9. The number of hydrogen-bond acceptors (Lipinski definition) is 4. The molecule has 1 fully saturated rings. The van der Waals surface area contributed by atoms with E-state index in [1.165, 1.54) is 20.6 Å². The molecule has 0 unspecified atom stereocenters. The van der Waals surface area contributed by atoms with Crippen LogP contribution in [0.2, 0.25) is 0 Å². The number of hydrogen-bond donors (Lipinski definition) is 2. The van der Waals surface area contributed by atoms with Crippen LogP contribution in [0.3, 0.4) is 0 Å². The Balaban J connectivity index is 2.11. The maximum absolute atomic E-state index is 9.88. The molecule has 6 heteroatoms. The van der Waals surface area contributed by atoms with E-state index in [1.54, 1.807) is 12.1 Å². The quantitative estimate of drug-likeness (QED) is 0.652. The zero-order valence-electron chi connectivity index (χ0n) is 12.6. The monoisotopic (exact) mass is 293 g/mol. The molecule has 6 nitrogen and oxygen atoms in total. The summed E-state index contributed by atoms with van der Waals surface area (Å²) in [6.07, 6.45) is 3.59. The summed E-state index contributed by atoms with van der Waals surface area (Å²) in [6, 6.07) is 3.48. The highest BCUT2D eigenvalue weighted by Crippen LogP contribution is 2.37. The highest BCUT2D eigenvalue weighted by Gasteiger charge is 2.13. The fraction of sp³-hybridized carbons (Fsp3) is 0.533. The maximum atomic E-state index is 9.88. The summed E-state index contributed by atoms with van der Waals surface area (Å²) < 4.78 is 10.3. The second-order valence-electron chi connectivity index (χ2n) is 5.07. The summed E-state index contributed by atoms with van der Waals surface area (Å²) in [4.78, 5) is 6.54. The Morgan fingerprint density at radius 2 is 1.76 bits per heavy atom. The number of phenolic OH excluding ortho intramolecular Hbond substituents is 1. The van der Waals surface area contributed by atoms with Gasteiger partial charge in [-0.3, -0.25) is 0 Å². The topological polar surface area (TPSA) is 80.3 Å². The van der Waals surface area contributed by atoms with Gasteiger partial charge in [-0.25, -0.2) is 4.99 Å². The Kier molecular flexibility index (Phi) is 5.14. The lowest BCUT2D eigenvalue weighted by Gasteiger charge is -2.27. The van der Waals surface area contributed by atoms with Gasteiger partial charge in [-0.2, -0.15) is 0 Å². The van der Waals surface area contributed by atoms with Gasteiger partial charge in [0.1, 0.15) is 0 Å². The van der Waals surface area contributed by atoms with Crippen molar-refractivity contribution in [1.82, 2.24) is 4.90 Å². The summed E-state index contributed by atoms with van der Waals surface area (Å²) in [5.41, 5.74) is 6.91. The minimum absolute atomic E-state index is 0.00303. The number of ether oxygens (including phenoxy) is 2. The SMILES string of the molecule is COc1cc(CN=C(N)N2CCCCC2)cc(OC)c1O. The van der Waals surface area contributed by atoms with Crippen LogP contribution < -0.4 is 15.2 Å². The van der Waals surface area contributed by atoms with Gasteiger partial charge in [-0.1, -0.05) is 0 Å². The number of nitrogens with zero attached hydrogens (tertiary/aromatic N) is 2. The smallest absolute Gasteiger partial charge is 0.200 e. The van der Waals surface area contributed by atoms with Crippen LogP contribution in [0.5, 0.6) is 17.2 Å². The molecule has 1 heterocycles. The molecular weight excluding hydrogens is 270 g/mol. The lowest BCUT2D eigenvalue weighted by molar-refractivity contribution is 0.337. The average Bonchev–Trinajstić information content (AvgIpc) is 2.54. The molecule has 3 N–H and O–H groups in total. The summed E-state index contributed by atoms with van der Waals surface area (Å²) in [5.74, 6) is 1.31. The van der Waals surface area contributed by atoms with E-state index in [9.17, 15) is 5.11 Å². The molecule has 1 aliphatic heterocycles. The average molecular weight is 293 g/mol. The van der Waals surface area contributed by atoms with Gasteiger partial charge in [0.05, 0.1) is 20.8 Å². The second kappa shape index (κ2) is 7.06. The third kappa shape index (κ3) is 3.71. The number of piperidine rings is 1. The van der Waals surface area contributed by atoms with Crippen LogP contribution in [0.15, 0.2) is 17.1 Å². The summed E-state index contributed by atoms with van der Waals surface area (Å²) in [6.45, 7) is 2.37. The Morgan fingerprint density at radius 3 is 2.29 bits per heavy atom. The standard InChI is InChI=1S/C15H23N3O3/c1-20-12-8-11(9-13(21-2)14(12)19)10-17-15(16)18-6-4-3-5-7-18/h8-9,19H,3-7,10H2,1-2H3,(H2,16,17). The molecule has 1 aromatic carbocycles. The van der Waals surface area contributed by atoms with Crippen molar-refractivity contribution >= 4 is 5.96 Å². The molecule has 0 aliphatic carbocycles. The zero-order valence-corrected chi connectivity index (χ0v) is 12.6. The van der Waals surface area contributed by atoms with Gasteiger partial charge < -0.3 is 25.2 Å². The number of rotatable bonds is 4. The molecule has 1 aliphatic rings. The first-order valence-corrected chi connectivity index (χ1v) is 7.14. The first-order valence-electron chi connectivity index (χ1n) is 7.14. The lowest BCUT2D eigenvalue weighted by atomic mass is 10.1. The molecule has 0 spiro atoms. The fourth-order valence-corrected chi connectivity index (χ4v) is 2.43. The lowest BCUT2D eigenvalue weighted by Crippen LogP contribution is -2.40. The summed E-state index contributed by atoms with van der Waals surface area (Å²) >= 11 is 0. The number of phenols is 1. The minimum atomic E-state index is -0.00303. The molecular formula is C15H23N3O3. The number of benzene rings is 1. The van der Waals surface area contributed by atoms with Crippen LogP contribution >= 0.6 is 0 Å². The van der Waals surface area contributed by atoms with E-state index in [0.29, 0.717) is 24.0 Å². The molecule has 0 aromatic heterocycles. The predicted octanol–water partition coefficient (Wildman–Crippen LogP) is 1.71. The highest BCUT2D eigenvalue weighted by atomic mass is 16.5. The van der Waals surface area contributed by atoms with Gasteiger partial charge in [0.2, 0.25) is 5.75 Å². The third-order valence-electron chi connectivity index (χ3n) is 3.64. The van der Waals surface area contributed by atoms with Crippen molar-refractivity contribution in [2.75, 3.05) is 27.3 Å². The van der Waals surface area contributed by atoms with E-state index >= 15 is 0 Å². The molecule has 1 saturated heterocycles. The third-order valence-corrected chi connectivity index (χ3v) is 3.64. The van der Waals surface area contributed by atoms with Crippen molar-refractivity contribution in [3.8, 4) is 17.2 Å². The zero-order chi connectivity index (χ0) is 15.2. The molecule has 0 atom stereocenters. The Labute approximate surface area is 125 Å². The van der Waals surface area contributed by atoms with E-state index in [-0.39, 0.29) is 5.75 Å². The van der Waals surface area contributed by atoms with Gasteiger partial charge in [-0.05, 0) is 37.0 Å². The molecule has 0 radical (unpaired) electrons. The number of guanidine groups is 1. The van der Waals surface area contributed by atoms with E-state index in [2.05, 4.69) is 9.89 Å². The number of aromatic hydroxyl groups is 1. The Morgan fingerprint density at radius 1 is 1.19 bits per heavy atom. The summed E-state index contributed by atoms with van der Waals surface area (Å²) in [5, 5.41) is 9.88. The van der Waals surface area contributed by atoms with Crippen molar-refractivity contribution in [2.24, 2.45) is 10.7 Å². The van der Waals surface area contributed by atoms with Crippen LogP contribution in [0.25, 0.3) is 0 Å². The van der Waals surface area contributed by atoms with Gasteiger partial charge in [0.25, 0.3) is 0 Å². The van der Waals surface area contributed by atoms with E-state index < -0.39 is 0 Å². The van der Waals surface area contributed by atoms with Crippen molar-refractivity contribution < 1.29 is 14.6 Å². The highest BCUT2D eigenvalue weighted by molar-refractivity contribution is 5.78. The van der Waals surface area contributed by atoms with Gasteiger partial charge in [0.15, 0.2) is 17.5 Å². The van der Waals surface area contributed by atoms with Crippen molar-refractivity contribution in [3.05, 3.63) is 17.7 Å². The Hall–Kier alpha value is -2.11. The van der Waals surface area contributed by atoms with Gasteiger partial charge >= 0.3 is 0 Å². The number of aliphatic imine (C=N–C) groups is 1. The van der Waals surface area contributed by atoms with Crippen LogP contribution in [0.4, 0.5) is 0 Å². The summed E-state index contributed by atoms with van der Waals surface area (Å²) in [7, 11) is 3.01. The Bertz CT molecular complexity index is 486. The molecule has 0 amide bonds. The minimum Gasteiger partial charge on any atom is -0.502 e. The van der Waals surface area contributed by atoms with Crippen molar-refractivity contribution in [1.29, 1.82) is 0 Å². The number of likely N-dealkylation sites (tertiary alicyclic amines) is 1.